The molecule has 10 heteroatoms. The van der Waals surface area contributed by atoms with Crippen molar-refractivity contribution in [3.63, 3.8) is 0 Å². The minimum Gasteiger partial charge on any atom is -0.379 e. The summed E-state index contributed by atoms with van der Waals surface area (Å²) in [5.41, 5.74) is 4.68. The molecule has 2 aromatic heterocycles. The van der Waals surface area contributed by atoms with Gasteiger partial charge in [-0.1, -0.05) is 42.3 Å². The van der Waals surface area contributed by atoms with Crippen LogP contribution in [0, 0.1) is 0 Å². The van der Waals surface area contributed by atoms with Crippen LogP contribution in [-0.2, 0) is 20.8 Å². The Morgan fingerprint density at radius 1 is 1.05 bits per heavy atom. The Labute approximate surface area is 250 Å². The molecule has 8 nitrogen and oxygen atoms in total. The van der Waals surface area contributed by atoms with E-state index in [0.29, 0.717) is 17.1 Å². The van der Waals surface area contributed by atoms with Gasteiger partial charge in [-0.05, 0) is 92.0 Å². The van der Waals surface area contributed by atoms with E-state index >= 15 is 0 Å². The lowest BCUT2D eigenvalue weighted by atomic mass is 9.89. The molecule has 0 saturated carbocycles. The fourth-order valence-electron chi connectivity index (χ4n) is 6.04. The molecule has 2 N–H and O–H groups in total. The summed E-state index contributed by atoms with van der Waals surface area (Å²) in [7, 11) is 2.09. The van der Waals surface area contributed by atoms with Gasteiger partial charge in [0.1, 0.15) is 5.82 Å². The van der Waals surface area contributed by atoms with E-state index in [0.717, 1.165) is 78.7 Å². The number of hydrogen-bond donors (Lipinski definition) is 3. The van der Waals surface area contributed by atoms with Crippen molar-refractivity contribution in [3.05, 3.63) is 82.3 Å². The molecule has 0 aliphatic carbocycles. The number of nitrogens with one attached hydrogen (secondary N) is 2. The maximum Gasteiger partial charge on any atom is 0.259 e. The second-order valence-electron chi connectivity index (χ2n) is 11.7. The molecule has 0 radical (unpaired) electrons. The van der Waals surface area contributed by atoms with Gasteiger partial charge >= 0.3 is 0 Å². The number of aromatic nitrogens is 2. The first-order valence-corrected chi connectivity index (χ1v) is 18.4. The van der Waals surface area contributed by atoms with Crippen LogP contribution in [0.2, 0.25) is 0 Å². The van der Waals surface area contributed by atoms with Crippen LogP contribution in [0.1, 0.15) is 29.9 Å². The average molecular weight is 606 g/mol. The van der Waals surface area contributed by atoms with Gasteiger partial charge in [0.25, 0.3) is 5.56 Å². The molecule has 0 bridgehead atoms. The second kappa shape index (κ2) is 12.3. The van der Waals surface area contributed by atoms with E-state index in [1.54, 1.807) is 12.5 Å². The molecule has 2 fully saturated rings. The number of nitrogens with zero attached hydrogens (tertiary/aromatic N) is 3. The molecule has 42 heavy (non-hydrogen) atoms. The number of anilines is 2. The molecule has 0 spiro atoms. The molecule has 2 saturated heterocycles. The number of piperidine rings is 1. The number of fused-ring (bicyclic) bond motifs is 1. The van der Waals surface area contributed by atoms with Gasteiger partial charge < -0.3 is 19.9 Å². The van der Waals surface area contributed by atoms with Gasteiger partial charge in [0.15, 0.2) is 0 Å². The zero-order chi connectivity index (χ0) is 29.3. The number of H-pyrrole nitrogens is 1. The van der Waals surface area contributed by atoms with E-state index < -0.39 is 9.55 Å². The first kappa shape index (κ1) is 29.1. The first-order valence-electron chi connectivity index (χ1n) is 14.6. The molecule has 2 aliphatic rings. The van der Waals surface area contributed by atoms with Crippen molar-refractivity contribution in [1.82, 2.24) is 19.8 Å². The van der Waals surface area contributed by atoms with Gasteiger partial charge in [-0.15, -0.1) is 0 Å². The fraction of sp³-hybridized carbons (Fsp3) is 0.375. The summed E-state index contributed by atoms with van der Waals surface area (Å²) in [6.07, 6.45) is 5.78. The van der Waals surface area contributed by atoms with Gasteiger partial charge in [-0.3, -0.25) is 13.9 Å². The monoisotopic (exact) mass is 605 g/mol. The molecule has 1 atom stereocenters. The molecule has 222 valence electrons. The molecule has 4 aromatic rings. The fourth-order valence-corrected chi connectivity index (χ4v) is 7.87. The van der Waals surface area contributed by atoms with Gasteiger partial charge in [-0.25, -0.2) is 4.98 Å². The predicted octanol–water partition coefficient (Wildman–Crippen LogP) is 4.77. The molecule has 6 rings (SSSR count). The SMILES string of the molecule is CN1CCC(c2ccc(Nc3nc(-c4ccc(CN5CCOCC5)c([SH](C)(=O)P)c4)cc4cc[nH]c(=O)c34)cc2)CC1. The number of likely N-dealkylation sites (tertiary alicyclic amines) is 1. The quantitative estimate of drug-likeness (QED) is 0.207. The average Bonchev–Trinajstić information content (AvgIpc) is 2.98. The van der Waals surface area contributed by atoms with Crippen molar-refractivity contribution in [2.24, 2.45) is 0 Å². The Morgan fingerprint density at radius 3 is 2.50 bits per heavy atom. The highest BCUT2D eigenvalue weighted by Crippen LogP contribution is 2.35. The third-order valence-electron chi connectivity index (χ3n) is 8.47. The Kier molecular flexibility index (Phi) is 8.57. The van der Waals surface area contributed by atoms with E-state index in [9.17, 15) is 9.00 Å². The van der Waals surface area contributed by atoms with Gasteiger partial charge in [-0.2, -0.15) is 0 Å². The largest absolute Gasteiger partial charge is 0.379 e. The van der Waals surface area contributed by atoms with Crippen molar-refractivity contribution < 1.29 is 8.95 Å². The van der Waals surface area contributed by atoms with Crippen LogP contribution in [0.4, 0.5) is 11.5 Å². The van der Waals surface area contributed by atoms with Gasteiger partial charge in [0.2, 0.25) is 0 Å². The van der Waals surface area contributed by atoms with Crippen LogP contribution in [0.3, 0.4) is 0 Å². The van der Waals surface area contributed by atoms with E-state index in [1.807, 2.05) is 24.3 Å². The number of hydrogen-bond acceptors (Lipinski definition) is 7. The number of morpholine rings is 1. The Morgan fingerprint density at radius 2 is 1.79 bits per heavy atom. The topological polar surface area (TPSA) is 90.6 Å². The molecule has 1 unspecified atom stereocenters. The van der Waals surface area contributed by atoms with E-state index in [2.05, 4.69) is 65.9 Å². The van der Waals surface area contributed by atoms with Crippen molar-refractivity contribution in [3.8, 4) is 11.3 Å². The highest BCUT2D eigenvalue weighted by atomic mass is 32.8. The highest BCUT2D eigenvalue weighted by molar-refractivity contribution is 8.44. The van der Waals surface area contributed by atoms with Crippen LogP contribution < -0.4 is 10.9 Å². The summed E-state index contributed by atoms with van der Waals surface area (Å²) in [4.78, 5) is 26.3. The normalized spacial score (nSPS) is 17.9. The molecular formula is C32H40N5O3PS. The number of rotatable bonds is 7. The lowest BCUT2D eigenvalue weighted by molar-refractivity contribution is 0.0338. The first-order chi connectivity index (χ1) is 20.2. The predicted molar refractivity (Wildman–Crippen MR) is 177 cm³/mol. The zero-order valence-corrected chi connectivity index (χ0v) is 26.4. The number of benzene rings is 2. The third kappa shape index (κ3) is 6.51. The van der Waals surface area contributed by atoms with E-state index in [4.69, 9.17) is 9.72 Å². The van der Waals surface area contributed by atoms with Crippen LogP contribution in [0.5, 0.6) is 0 Å². The minimum absolute atomic E-state index is 0.193. The summed E-state index contributed by atoms with van der Waals surface area (Å²) in [5.74, 6) is 1.08. The molecule has 4 heterocycles. The van der Waals surface area contributed by atoms with Crippen LogP contribution >= 0.6 is 8.44 Å². The van der Waals surface area contributed by atoms with E-state index in [-0.39, 0.29) is 5.56 Å². The zero-order valence-electron chi connectivity index (χ0n) is 24.3. The summed E-state index contributed by atoms with van der Waals surface area (Å²) in [5, 5.41) is 4.73. The molecule has 2 aliphatic heterocycles. The number of ether oxygens (including phenoxy) is 1. The number of pyridine rings is 2. The Hall–Kier alpha value is -2.94. The van der Waals surface area contributed by atoms with Crippen molar-refractivity contribution >= 4 is 40.3 Å². The van der Waals surface area contributed by atoms with Gasteiger partial charge in [0.05, 0.1) is 24.3 Å². The number of aromatic amines is 1. The number of thiol groups is 1. The molecular weight excluding hydrogens is 565 g/mol. The van der Waals surface area contributed by atoms with Gasteiger partial charge in [0, 0.05) is 42.0 Å². The van der Waals surface area contributed by atoms with Crippen LogP contribution in [0.25, 0.3) is 22.0 Å². The van der Waals surface area contributed by atoms with Crippen molar-refractivity contribution in [2.45, 2.75) is 30.2 Å². The summed E-state index contributed by atoms with van der Waals surface area (Å²) in [6, 6.07) is 18.5. The Bertz CT molecular complexity index is 1670. The summed E-state index contributed by atoms with van der Waals surface area (Å²) in [6.45, 7) is 6.13. The lowest BCUT2D eigenvalue weighted by Crippen LogP contribution is -2.36. The molecule has 2 aromatic carbocycles. The maximum absolute atomic E-state index is 13.4. The minimum atomic E-state index is -2.66. The maximum atomic E-state index is 13.4. The van der Waals surface area contributed by atoms with E-state index in [1.165, 1.54) is 18.4 Å². The second-order valence-corrected chi connectivity index (χ2v) is 17.1. The smallest absolute Gasteiger partial charge is 0.259 e. The highest BCUT2D eigenvalue weighted by Gasteiger charge is 2.20. The van der Waals surface area contributed by atoms with Crippen molar-refractivity contribution in [1.29, 1.82) is 0 Å². The Balaban J connectivity index is 1.34. The summed E-state index contributed by atoms with van der Waals surface area (Å²) >= 11 is 0. The standard InChI is InChI=1S/C32H40N5O3PS/c1-36-13-10-23(11-14-36)22-5-7-27(8-6-22)34-31-30-25(9-12-33-32(30)38)19-28(35-31)24-3-4-26(29(20-24)42(2,39)41)21-37-15-17-40-18-16-37/h3-9,12,19-20,23,42H,10-11,13-18,21,41H2,1-2H3,(H,33,38)(H,34,35). The molecule has 0 amide bonds. The van der Waals surface area contributed by atoms with Crippen molar-refractivity contribution in [2.75, 3.05) is 58.0 Å². The lowest BCUT2D eigenvalue weighted by Gasteiger charge is -2.29. The summed E-state index contributed by atoms with van der Waals surface area (Å²) < 4.78 is 18.9. The van der Waals surface area contributed by atoms with Crippen LogP contribution in [0.15, 0.2) is 70.5 Å². The van der Waals surface area contributed by atoms with Crippen LogP contribution in [-0.4, -0.2) is 76.7 Å². The third-order valence-corrected chi connectivity index (χ3v) is 10.7.